The summed E-state index contributed by atoms with van der Waals surface area (Å²) in [6, 6.07) is 20.7. The van der Waals surface area contributed by atoms with Crippen molar-refractivity contribution in [1.82, 2.24) is 0 Å². The first kappa shape index (κ1) is 22.9. The molecule has 0 spiro atoms. The van der Waals surface area contributed by atoms with Gasteiger partial charge in [-0.1, -0.05) is 41.9 Å². The van der Waals surface area contributed by atoms with Crippen molar-refractivity contribution < 1.29 is 9.59 Å². The summed E-state index contributed by atoms with van der Waals surface area (Å²) in [5, 5.41) is 6.32. The van der Waals surface area contributed by atoms with Gasteiger partial charge in [-0.05, 0) is 73.9 Å². The van der Waals surface area contributed by atoms with Crippen molar-refractivity contribution >= 4 is 46.6 Å². The predicted octanol–water partition coefficient (Wildman–Crippen LogP) is 6.26. The van der Waals surface area contributed by atoms with E-state index in [0.29, 0.717) is 5.02 Å². The number of halogens is 1. The molecule has 3 aromatic rings. The maximum Gasteiger partial charge on any atom is 0.237 e. The first-order chi connectivity index (χ1) is 14.8. The highest BCUT2D eigenvalue weighted by Crippen LogP contribution is 2.27. The number of anilines is 2. The van der Waals surface area contributed by atoms with Crippen LogP contribution in [0.25, 0.3) is 0 Å². The highest BCUT2D eigenvalue weighted by Gasteiger charge is 2.16. The predicted molar refractivity (Wildman–Crippen MR) is 130 cm³/mol. The van der Waals surface area contributed by atoms with Crippen LogP contribution >= 0.6 is 23.4 Å². The fraction of sp³-hybridized carbons (Fsp3) is 0.200. The second kappa shape index (κ2) is 10.5. The zero-order chi connectivity index (χ0) is 22.4. The van der Waals surface area contributed by atoms with Crippen LogP contribution in [0.2, 0.25) is 5.02 Å². The molecule has 0 aliphatic rings. The maximum atomic E-state index is 12.6. The Bertz CT molecular complexity index is 1050. The van der Waals surface area contributed by atoms with E-state index in [4.69, 9.17) is 11.6 Å². The molecule has 6 heteroatoms. The molecular weight excluding hydrogens is 428 g/mol. The standard InChI is InChI=1S/C25H25ClN2O2S/c1-16-5-4-6-17(2)24(16)28-25(30)18(3)31-22-13-11-21(12-14-22)27-23(29)15-19-7-9-20(26)10-8-19/h4-14,18H,15H2,1-3H3,(H,27,29)(H,28,30). The molecule has 0 bridgehead atoms. The van der Waals surface area contributed by atoms with Crippen molar-refractivity contribution in [3.8, 4) is 0 Å². The van der Waals surface area contributed by atoms with Gasteiger partial charge in [-0.25, -0.2) is 0 Å². The molecule has 0 aliphatic carbocycles. The number of hydrogen-bond acceptors (Lipinski definition) is 3. The summed E-state index contributed by atoms with van der Waals surface area (Å²) in [7, 11) is 0. The normalized spacial score (nSPS) is 11.6. The molecule has 0 saturated carbocycles. The molecule has 0 heterocycles. The maximum absolute atomic E-state index is 12.6. The number of carbonyl (C=O) groups excluding carboxylic acids is 2. The highest BCUT2D eigenvalue weighted by atomic mass is 35.5. The van der Waals surface area contributed by atoms with Crippen molar-refractivity contribution in [1.29, 1.82) is 0 Å². The molecular formula is C25H25ClN2O2S. The SMILES string of the molecule is Cc1cccc(C)c1NC(=O)C(C)Sc1ccc(NC(=O)Cc2ccc(Cl)cc2)cc1. The Balaban J connectivity index is 1.54. The summed E-state index contributed by atoms with van der Waals surface area (Å²) >= 11 is 7.35. The van der Waals surface area contributed by atoms with Gasteiger partial charge in [-0.2, -0.15) is 0 Å². The van der Waals surface area contributed by atoms with Crippen LogP contribution in [-0.4, -0.2) is 17.1 Å². The Kier molecular flexibility index (Phi) is 7.77. The molecule has 0 aromatic heterocycles. The Morgan fingerprint density at radius 2 is 1.52 bits per heavy atom. The van der Waals surface area contributed by atoms with Crippen molar-refractivity contribution in [2.75, 3.05) is 10.6 Å². The smallest absolute Gasteiger partial charge is 0.237 e. The van der Waals surface area contributed by atoms with Crippen molar-refractivity contribution in [3.63, 3.8) is 0 Å². The lowest BCUT2D eigenvalue weighted by Gasteiger charge is -2.15. The summed E-state index contributed by atoms with van der Waals surface area (Å²) in [4.78, 5) is 25.8. The lowest BCUT2D eigenvalue weighted by Crippen LogP contribution is -2.23. The Morgan fingerprint density at radius 3 is 2.13 bits per heavy atom. The van der Waals surface area contributed by atoms with E-state index in [2.05, 4.69) is 10.6 Å². The molecule has 3 rings (SSSR count). The number of benzene rings is 3. The fourth-order valence-electron chi connectivity index (χ4n) is 3.10. The Morgan fingerprint density at radius 1 is 0.903 bits per heavy atom. The van der Waals surface area contributed by atoms with Crippen LogP contribution in [0.15, 0.2) is 71.6 Å². The lowest BCUT2D eigenvalue weighted by molar-refractivity contribution is -0.116. The number of para-hydroxylation sites is 1. The third-order valence-electron chi connectivity index (χ3n) is 4.83. The molecule has 31 heavy (non-hydrogen) atoms. The molecule has 4 nitrogen and oxygen atoms in total. The second-order valence-electron chi connectivity index (χ2n) is 7.39. The van der Waals surface area contributed by atoms with E-state index < -0.39 is 0 Å². The monoisotopic (exact) mass is 452 g/mol. The minimum Gasteiger partial charge on any atom is -0.326 e. The number of nitrogens with one attached hydrogen (secondary N) is 2. The second-order valence-corrected chi connectivity index (χ2v) is 9.24. The fourth-order valence-corrected chi connectivity index (χ4v) is 4.10. The van der Waals surface area contributed by atoms with E-state index in [1.54, 1.807) is 12.1 Å². The molecule has 3 aromatic carbocycles. The molecule has 0 fully saturated rings. The summed E-state index contributed by atoms with van der Waals surface area (Å²) in [6.07, 6.45) is 0.281. The first-order valence-electron chi connectivity index (χ1n) is 10.00. The molecule has 1 unspecified atom stereocenters. The van der Waals surface area contributed by atoms with Crippen molar-refractivity contribution in [3.05, 3.63) is 88.4 Å². The quantitative estimate of drug-likeness (QED) is 0.416. The Hall–Kier alpha value is -2.76. The van der Waals surface area contributed by atoms with E-state index in [0.717, 1.165) is 33.0 Å². The van der Waals surface area contributed by atoms with Gasteiger partial charge in [0, 0.05) is 21.3 Å². The summed E-state index contributed by atoms with van der Waals surface area (Å²) < 4.78 is 0. The lowest BCUT2D eigenvalue weighted by atomic mass is 10.1. The molecule has 2 amide bonds. The van der Waals surface area contributed by atoms with Crippen LogP contribution in [-0.2, 0) is 16.0 Å². The van der Waals surface area contributed by atoms with Gasteiger partial charge in [0.1, 0.15) is 0 Å². The molecule has 1 atom stereocenters. The number of amides is 2. The number of thioether (sulfide) groups is 1. The van der Waals surface area contributed by atoms with Gasteiger partial charge in [0.25, 0.3) is 0 Å². The summed E-state index contributed by atoms with van der Waals surface area (Å²) in [5.41, 5.74) is 4.58. The zero-order valence-corrected chi connectivity index (χ0v) is 19.3. The number of aryl methyl sites for hydroxylation is 2. The van der Waals surface area contributed by atoms with E-state index in [1.807, 2.05) is 75.4 Å². The van der Waals surface area contributed by atoms with Crippen LogP contribution in [0.3, 0.4) is 0 Å². The molecule has 160 valence electrons. The highest BCUT2D eigenvalue weighted by molar-refractivity contribution is 8.00. The van der Waals surface area contributed by atoms with Gasteiger partial charge in [0.05, 0.1) is 11.7 Å². The number of hydrogen-bond donors (Lipinski definition) is 2. The van der Waals surface area contributed by atoms with Gasteiger partial charge >= 0.3 is 0 Å². The van der Waals surface area contributed by atoms with Crippen LogP contribution in [0, 0.1) is 13.8 Å². The van der Waals surface area contributed by atoms with Gasteiger partial charge in [-0.3, -0.25) is 9.59 Å². The number of rotatable bonds is 7. The van der Waals surface area contributed by atoms with Crippen LogP contribution < -0.4 is 10.6 Å². The minimum absolute atomic E-state index is 0.0391. The van der Waals surface area contributed by atoms with Crippen LogP contribution in [0.5, 0.6) is 0 Å². The molecule has 2 N–H and O–H groups in total. The van der Waals surface area contributed by atoms with Crippen LogP contribution in [0.1, 0.15) is 23.6 Å². The van der Waals surface area contributed by atoms with Gasteiger partial charge < -0.3 is 10.6 Å². The summed E-state index contributed by atoms with van der Waals surface area (Å²) in [5.74, 6) is -0.133. The number of carbonyl (C=O) groups is 2. The van der Waals surface area contributed by atoms with Gasteiger partial charge in [-0.15, -0.1) is 11.8 Å². The van der Waals surface area contributed by atoms with Gasteiger partial charge in [0.2, 0.25) is 11.8 Å². The first-order valence-corrected chi connectivity index (χ1v) is 11.3. The molecule has 0 aliphatic heterocycles. The largest absolute Gasteiger partial charge is 0.326 e. The molecule has 0 saturated heterocycles. The Labute approximate surface area is 192 Å². The topological polar surface area (TPSA) is 58.2 Å². The van der Waals surface area contributed by atoms with E-state index in [9.17, 15) is 9.59 Å². The van der Waals surface area contributed by atoms with Crippen molar-refractivity contribution in [2.45, 2.75) is 37.3 Å². The van der Waals surface area contributed by atoms with Crippen LogP contribution in [0.4, 0.5) is 11.4 Å². The molecule has 0 radical (unpaired) electrons. The third kappa shape index (κ3) is 6.61. The zero-order valence-electron chi connectivity index (χ0n) is 17.7. The van der Waals surface area contributed by atoms with E-state index in [-0.39, 0.29) is 23.5 Å². The summed E-state index contributed by atoms with van der Waals surface area (Å²) in [6.45, 7) is 5.86. The minimum atomic E-state index is -0.260. The van der Waals surface area contributed by atoms with E-state index >= 15 is 0 Å². The third-order valence-corrected chi connectivity index (χ3v) is 6.19. The van der Waals surface area contributed by atoms with Crippen molar-refractivity contribution in [2.24, 2.45) is 0 Å². The average molecular weight is 453 g/mol. The van der Waals surface area contributed by atoms with E-state index in [1.165, 1.54) is 11.8 Å². The average Bonchev–Trinajstić information content (AvgIpc) is 2.73. The van der Waals surface area contributed by atoms with Gasteiger partial charge in [0.15, 0.2) is 0 Å².